The molecule has 12 heteroatoms. The van der Waals surface area contributed by atoms with Gasteiger partial charge in [0.2, 0.25) is 5.95 Å². The Morgan fingerprint density at radius 1 is 1.20 bits per heavy atom. The van der Waals surface area contributed by atoms with Crippen molar-refractivity contribution in [3.05, 3.63) is 51.5 Å². The first kappa shape index (κ1) is 24.2. The molecule has 0 bridgehead atoms. The molecule has 0 amide bonds. The lowest BCUT2D eigenvalue weighted by molar-refractivity contribution is -0.137. The van der Waals surface area contributed by atoms with E-state index in [1.165, 1.54) is 17.2 Å². The van der Waals surface area contributed by atoms with Crippen LogP contribution in [0.4, 0.5) is 24.8 Å². The van der Waals surface area contributed by atoms with E-state index >= 15 is 0 Å². The summed E-state index contributed by atoms with van der Waals surface area (Å²) in [6.07, 6.45) is -3.06. The van der Waals surface area contributed by atoms with Gasteiger partial charge < -0.3 is 15.5 Å². The molecule has 4 heterocycles. The van der Waals surface area contributed by atoms with Crippen LogP contribution in [0.5, 0.6) is 0 Å². The van der Waals surface area contributed by atoms with Crippen LogP contribution in [0.2, 0.25) is 0 Å². The summed E-state index contributed by atoms with van der Waals surface area (Å²) in [6, 6.07) is 5.39. The second kappa shape index (κ2) is 8.84. The zero-order valence-electron chi connectivity index (χ0n) is 19.2. The van der Waals surface area contributed by atoms with Gasteiger partial charge in [-0.1, -0.05) is 6.07 Å². The zero-order valence-corrected chi connectivity index (χ0v) is 20.8. The topological polar surface area (TPSA) is 87.2 Å². The van der Waals surface area contributed by atoms with E-state index in [-0.39, 0.29) is 33.7 Å². The van der Waals surface area contributed by atoms with Gasteiger partial charge in [-0.3, -0.25) is 0 Å². The van der Waals surface area contributed by atoms with Gasteiger partial charge >= 0.3 is 6.18 Å². The molecule has 2 aliphatic heterocycles. The van der Waals surface area contributed by atoms with Crippen LogP contribution in [0, 0.1) is 6.92 Å². The third-order valence-electron chi connectivity index (χ3n) is 6.26. The fourth-order valence-corrected chi connectivity index (χ4v) is 7.36. The van der Waals surface area contributed by atoms with Crippen LogP contribution in [0.1, 0.15) is 27.1 Å². The number of nitrogens with zero attached hydrogens (tertiary/aromatic N) is 3. The summed E-state index contributed by atoms with van der Waals surface area (Å²) in [4.78, 5) is 11.1. The van der Waals surface area contributed by atoms with Crippen LogP contribution in [0.25, 0.3) is 10.6 Å². The Labute approximate surface area is 205 Å². The maximum atomic E-state index is 13.8. The number of aromatic nitrogens is 2. The van der Waals surface area contributed by atoms with E-state index in [1.54, 1.807) is 0 Å². The molecule has 7 nitrogen and oxygen atoms in total. The van der Waals surface area contributed by atoms with Crippen LogP contribution in [-0.4, -0.2) is 49.2 Å². The lowest BCUT2D eigenvalue weighted by Gasteiger charge is -2.26. The first-order chi connectivity index (χ1) is 16.5. The summed E-state index contributed by atoms with van der Waals surface area (Å²) in [5, 5.41) is 6.09. The number of hydrogen-bond donors (Lipinski definition) is 2. The highest BCUT2D eigenvalue weighted by Crippen LogP contribution is 2.41. The molecular weight excluding hydrogens is 499 g/mol. The van der Waals surface area contributed by atoms with Crippen molar-refractivity contribution in [1.29, 1.82) is 0 Å². The third-order valence-corrected chi connectivity index (χ3v) is 9.31. The first-order valence-electron chi connectivity index (χ1n) is 11.1. The lowest BCUT2D eigenvalue weighted by Crippen LogP contribution is -2.26. The number of hydrogen-bond acceptors (Lipinski definition) is 8. The molecule has 0 radical (unpaired) electrons. The number of alkyl halides is 3. The average Bonchev–Trinajstić information content (AvgIpc) is 3.16. The summed E-state index contributed by atoms with van der Waals surface area (Å²) < 4.78 is 66.7. The standard InChI is InChI=1S/C23H24F3N5O2S2/c1-13-7-15-12-31(2)5-3-14(15)8-17(13)29-22-28-10-16(23(24,25)26)21(30-22)18-9-20-19(34-18)11-27-4-6-35(20,32)33/h7-10,27H,3-6,11-12H2,1-2H3,(H,28,29,30). The Morgan fingerprint density at radius 2 is 2.00 bits per heavy atom. The Balaban J connectivity index is 1.56. The fraction of sp³-hybridized carbons (Fsp3) is 0.391. The molecule has 2 aliphatic rings. The minimum absolute atomic E-state index is 0.0218. The van der Waals surface area contributed by atoms with Crippen LogP contribution >= 0.6 is 11.3 Å². The van der Waals surface area contributed by atoms with E-state index in [9.17, 15) is 21.6 Å². The number of nitrogens with one attached hydrogen (secondary N) is 2. The SMILES string of the molecule is Cc1cc2c(cc1Nc1ncc(C(F)(F)F)c(-c3cc4c(s3)CNCCS4(=O)=O)n1)CCN(C)C2. The summed E-state index contributed by atoms with van der Waals surface area (Å²) in [6.45, 7) is 4.27. The number of sulfone groups is 1. The summed E-state index contributed by atoms with van der Waals surface area (Å²) >= 11 is 1.01. The summed E-state index contributed by atoms with van der Waals surface area (Å²) in [7, 11) is -1.52. The minimum Gasteiger partial charge on any atom is -0.324 e. The zero-order chi connectivity index (χ0) is 25.0. The largest absolute Gasteiger partial charge is 0.420 e. The van der Waals surface area contributed by atoms with Crippen molar-refractivity contribution in [2.75, 3.05) is 31.2 Å². The number of aryl methyl sites for hydroxylation is 1. The molecule has 0 spiro atoms. The molecule has 0 atom stereocenters. The number of likely N-dealkylation sites (N-methyl/N-ethyl adjacent to an activating group) is 1. The van der Waals surface area contributed by atoms with E-state index in [0.717, 1.165) is 48.3 Å². The van der Waals surface area contributed by atoms with E-state index in [4.69, 9.17) is 0 Å². The molecule has 0 fully saturated rings. The van der Waals surface area contributed by atoms with Gasteiger partial charge in [0.15, 0.2) is 9.84 Å². The lowest BCUT2D eigenvalue weighted by atomic mass is 9.96. The highest BCUT2D eigenvalue weighted by molar-refractivity contribution is 7.91. The van der Waals surface area contributed by atoms with Crippen molar-refractivity contribution in [3.8, 4) is 10.6 Å². The molecule has 35 heavy (non-hydrogen) atoms. The normalized spacial score (nSPS) is 18.0. The van der Waals surface area contributed by atoms with Gasteiger partial charge in [0.05, 0.1) is 21.2 Å². The number of benzene rings is 1. The first-order valence-corrected chi connectivity index (χ1v) is 13.6. The Morgan fingerprint density at radius 3 is 2.77 bits per heavy atom. The van der Waals surface area contributed by atoms with Crippen molar-refractivity contribution >= 4 is 32.8 Å². The molecule has 3 aromatic rings. The van der Waals surface area contributed by atoms with Gasteiger partial charge in [-0.15, -0.1) is 11.3 Å². The van der Waals surface area contributed by atoms with Crippen molar-refractivity contribution in [1.82, 2.24) is 20.2 Å². The molecule has 0 unspecified atom stereocenters. The number of fused-ring (bicyclic) bond motifs is 2. The van der Waals surface area contributed by atoms with E-state index in [2.05, 4.69) is 38.6 Å². The monoisotopic (exact) mass is 523 g/mol. The highest BCUT2D eigenvalue weighted by atomic mass is 32.2. The third kappa shape index (κ3) is 4.80. The van der Waals surface area contributed by atoms with E-state index in [1.807, 2.05) is 13.0 Å². The maximum Gasteiger partial charge on any atom is 0.420 e. The smallest absolute Gasteiger partial charge is 0.324 e. The summed E-state index contributed by atoms with van der Waals surface area (Å²) in [5.74, 6) is -0.0831. The summed E-state index contributed by atoms with van der Waals surface area (Å²) in [5.41, 5.74) is 2.74. The van der Waals surface area contributed by atoms with Gasteiger partial charge in [-0.2, -0.15) is 13.2 Å². The van der Waals surface area contributed by atoms with Crippen LogP contribution in [0.3, 0.4) is 0 Å². The van der Waals surface area contributed by atoms with E-state index < -0.39 is 21.6 Å². The average molecular weight is 524 g/mol. The predicted molar refractivity (Wildman–Crippen MR) is 129 cm³/mol. The minimum atomic E-state index is -4.69. The number of thiophene rings is 1. The van der Waals surface area contributed by atoms with Crippen molar-refractivity contribution in [3.63, 3.8) is 0 Å². The van der Waals surface area contributed by atoms with Gasteiger partial charge in [-0.05, 0) is 49.2 Å². The molecule has 0 saturated heterocycles. The Hall–Kier alpha value is -2.54. The molecular formula is C23H24F3N5O2S2. The fourth-order valence-electron chi connectivity index (χ4n) is 4.40. The molecule has 0 aliphatic carbocycles. The molecule has 0 saturated carbocycles. The number of rotatable bonds is 3. The second-order valence-corrected chi connectivity index (χ2v) is 12.1. The van der Waals surface area contributed by atoms with Crippen LogP contribution in [0.15, 0.2) is 29.3 Å². The second-order valence-electron chi connectivity index (χ2n) is 8.90. The Kier molecular flexibility index (Phi) is 6.10. The Bertz CT molecular complexity index is 1400. The van der Waals surface area contributed by atoms with Crippen molar-refractivity contribution in [2.45, 2.75) is 37.5 Å². The quantitative estimate of drug-likeness (QED) is 0.534. The molecule has 186 valence electrons. The highest BCUT2D eigenvalue weighted by Gasteiger charge is 2.37. The van der Waals surface area contributed by atoms with Gasteiger partial charge in [0.1, 0.15) is 5.56 Å². The number of anilines is 2. The van der Waals surface area contributed by atoms with Crippen molar-refractivity contribution < 1.29 is 21.6 Å². The molecule has 1 aromatic carbocycles. The molecule has 2 N–H and O–H groups in total. The molecule has 5 rings (SSSR count). The molecule has 2 aromatic heterocycles. The van der Waals surface area contributed by atoms with E-state index in [0.29, 0.717) is 11.4 Å². The number of halogens is 3. The van der Waals surface area contributed by atoms with Gasteiger partial charge in [-0.25, -0.2) is 18.4 Å². The van der Waals surface area contributed by atoms with Gasteiger partial charge in [0.25, 0.3) is 0 Å². The predicted octanol–water partition coefficient (Wildman–Crippen LogP) is 4.14. The van der Waals surface area contributed by atoms with Crippen LogP contribution in [-0.2, 0) is 35.5 Å². The van der Waals surface area contributed by atoms with Gasteiger partial charge in [0, 0.05) is 42.9 Å². The maximum absolute atomic E-state index is 13.8. The van der Waals surface area contributed by atoms with Crippen molar-refractivity contribution in [2.24, 2.45) is 0 Å². The van der Waals surface area contributed by atoms with Crippen LogP contribution < -0.4 is 10.6 Å².